The lowest BCUT2D eigenvalue weighted by Gasteiger charge is -2.45. The van der Waals surface area contributed by atoms with Crippen LogP contribution in [0.3, 0.4) is 0 Å². The van der Waals surface area contributed by atoms with Crippen LogP contribution >= 0.6 is 0 Å². The van der Waals surface area contributed by atoms with Gasteiger partial charge in [-0.2, -0.15) is 0 Å². The van der Waals surface area contributed by atoms with Crippen molar-refractivity contribution in [1.29, 1.82) is 0 Å². The maximum atomic E-state index is 14.1. The first-order chi connectivity index (χ1) is 23.9. The Morgan fingerprint density at radius 2 is 1.67 bits per heavy atom. The normalized spacial score (nSPS) is 14.7. The fourth-order valence-electron chi connectivity index (χ4n) is 6.23. The monoisotopic (exact) mass is 656 g/mol. The van der Waals surface area contributed by atoms with E-state index in [2.05, 4.69) is 40.4 Å². The van der Waals surface area contributed by atoms with Gasteiger partial charge in [0.1, 0.15) is 11.9 Å². The van der Waals surface area contributed by atoms with Gasteiger partial charge in [0.05, 0.1) is 18.6 Å². The number of para-hydroxylation sites is 1. The Hall–Kier alpha value is -5.87. The third kappa shape index (κ3) is 7.99. The number of hydrogen-bond donors (Lipinski definition) is 4. The molecule has 0 bridgehead atoms. The highest BCUT2D eigenvalue weighted by Gasteiger charge is 2.37. The number of aryl methyl sites for hydroxylation is 1. The van der Waals surface area contributed by atoms with Gasteiger partial charge in [0.2, 0.25) is 11.8 Å². The van der Waals surface area contributed by atoms with Gasteiger partial charge in [-0.05, 0) is 40.8 Å². The highest BCUT2D eigenvalue weighted by molar-refractivity contribution is 5.97. The van der Waals surface area contributed by atoms with Crippen LogP contribution in [-0.4, -0.2) is 68.7 Å². The lowest BCUT2D eigenvalue weighted by Crippen LogP contribution is -2.69. The van der Waals surface area contributed by atoms with E-state index in [1.807, 2.05) is 66.9 Å². The second kappa shape index (κ2) is 15.4. The zero-order valence-corrected chi connectivity index (χ0v) is 27.2. The largest absolute Gasteiger partial charge is 0.508 e. The molecule has 4 amide bonds. The Balaban J connectivity index is 1.30. The average Bonchev–Trinajstić information content (AvgIpc) is 3.56. The van der Waals surface area contributed by atoms with E-state index in [0.29, 0.717) is 13.0 Å². The predicted octanol–water partition coefficient (Wildman–Crippen LogP) is 5.57. The second-order valence-corrected chi connectivity index (χ2v) is 12.1. The molecule has 1 atom stereocenters. The minimum Gasteiger partial charge on any atom is -0.508 e. The molecule has 10 heteroatoms. The minimum atomic E-state index is -0.836. The van der Waals surface area contributed by atoms with Crippen molar-refractivity contribution < 1.29 is 19.5 Å². The topological polar surface area (TPSA) is 121 Å². The van der Waals surface area contributed by atoms with Crippen LogP contribution in [0.2, 0.25) is 0 Å². The van der Waals surface area contributed by atoms with Crippen LogP contribution in [0.1, 0.15) is 23.1 Å². The van der Waals surface area contributed by atoms with Crippen molar-refractivity contribution in [2.45, 2.75) is 32.1 Å². The number of urea groups is 1. The summed E-state index contributed by atoms with van der Waals surface area (Å²) in [5.41, 5.74) is 5.80. The van der Waals surface area contributed by atoms with Gasteiger partial charge in [0.15, 0.2) is 0 Å². The maximum absolute atomic E-state index is 14.1. The number of aromatic amines is 1. The van der Waals surface area contributed by atoms with E-state index in [9.17, 15) is 19.5 Å². The summed E-state index contributed by atoms with van der Waals surface area (Å²) in [7, 11) is 0. The number of carbonyl (C=O) groups is 3. The molecular formula is C39H40N6O4. The van der Waals surface area contributed by atoms with E-state index < -0.39 is 12.2 Å². The SMILES string of the molecule is C=CCN1CC(=O)N[C@H](CN(Cc2cccc3c(-c4ccccc4)c[nH]c23)C(=O)CCc2ccc(O)cc2)N1C(=O)NCc1ccccc1. The van der Waals surface area contributed by atoms with Crippen molar-refractivity contribution in [3.63, 3.8) is 0 Å². The van der Waals surface area contributed by atoms with Gasteiger partial charge in [-0.1, -0.05) is 97.1 Å². The van der Waals surface area contributed by atoms with Crippen LogP contribution in [0, 0.1) is 0 Å². The van der Waals surface area contributed by atoms with E-state index in [1.54, 1.807) is 40.3 Å². The van der Waals surface area contributed by atoms with Crippen molar-refractivity contribution in [3.05, 3.63) is 139 Å². The molecule has 4 aromatic carbocycles. The van der Waals surface area contributed by atoms with Crippen LogP contribution in [0.4, 0.5) is 4.79 Å². The molecule has 4 N–H and O–H groups in total. The number of benzene rings is 4. The summed E-state index contributed by atoms with van der Waals surface area (Å²) in [6.07, 6.45) is 3.44. The Labute approximate surface area is 285 Å². The number of nitrogens with zero attached hydrogens (tertiary/aromatic N) is 3. The molecule has 6 rings (SSSR count). The third-order valence-corrected chi connectivity index (χ3v) is 8.65. The first-order valence-electron chi connectivity index (χ1n) is 16.4. The number of fused-ring (bicyclic) bond motifs is 1. The molecule has 0 aliphatic carbocycles. The molecular weight excluding hydrogens is 616 g/mol. The zero-order valence-electron chi connectivity index (χ0n) is 27.2. The van der Waals surface area contributed by atoms with Crippen LogP contribution in [-0.2, 0) is 29.1 Å². The van der Waals surface area contributed by atoms with Gasteiger partial charge in [-0.15, -0.1) is 6.58 Å². The number of aromatic hydroxyl groups is 1. The van der Waals surface area contributed by atoms with Crippen molar-refractivity contribution in [2.75, 3.05) is 19.6 Å². The average molecular weight is 657 g/mol. The number of nitrogens with one attached hydrogen (secondary N) is 3. The molecule has 5 aromatic rings. The molecule has 49 heavy (non-hydrogen) atoms. The summed E-state index contributed by atoms with van der Waals surface area (Å²) in [5, 5.41) is 19.8. The minimum absolute atomic E-state index is 0.0277. The Kier molecular flexibility index (Phi) is 10.4. The number of hydrazine groups is 1. The second-order valence-electron chi connectivity index (χ2n) is 12.1. The van der Waals surface area contributed by atoms with Crippen LogP contribution in [0.15, 0.2) is 122 Å². The summed E-state index contributed by atoms with van der Waals surface area (Å²) in [6, 6.07) is 32.1. The Bertz CT molecular complexity index is 1910. The lowest BCUT2D eigenvalue weighted by atomic mass is 10.0. The molecule has 0 unspecified atom stereocenters. The van der Waals surface area contributed by atoms with Gasteiger partial charge >= 0.3 is 6.03 Å². The number of rotatable bonds is 12. The third-order valence-electron chi connectivity index (χ3n) is 8.65. The molecule has 250 valence electrons. The number of phenolic OH excluding ortho intramolecular Hbond substituents is 1. The summed E-state index contributed by atoms with van der Waals surface area (Å²) in [5.74, 6) is -0.234. The van der Waals surface area contributed by atoms with E-state index >= 15 is 0 Å². The number of phenols is 1. The van der Waals surface area contributed by atoms with E-state index in [4.69, 9.17) is 0 Å². The van der Waals surface area contributed by atoms with Crippen LogP contribution < -0.4 is 10.6 Å². The zero-order chi connectivity index (χ0) is 34.2. The smallest absolute Gasteiger partial charge is 0.334 e. The number of aromatic nitrogens is 1. The van der Waals surface area contributed by atoms with Gasteiger partial charge in [0, 0.05) is 43.2 Å². The van der Waals surface area contributed by atoms with Crippen molar-refractivity contribution in [2.24, 2.45) is 0 Å². The van der Waals surface area contributed by atoms with Gasteiger partial charge in [-0.3, -0.25) is 9.59 Å². The quantitative estimate of drug-likeness (QED) is 0.131. The van der Waals surface area contributed by atoms with Crippen LogP contribution in [0.5, 0.6) is 5.75 Å². The highest BCUT2D eigenvalue weighted by Crippen LogP contribution is 2.31. The van der Waals surface area contributed by atoms with Crippen molar-refractivity contribution in [1.82, 2.24) is 30.5 Å². The summed E-state index contributed by atoms with van der Waals surface area (Å²) >= 11 is 0. The van der Waals surface area contributed by atoms with E-state index in [1.165, 1.54) is 5.01 Å². The first kappa shape index (κ1) is 33.0. The Morgan fingerprint density at radius 1 is 0.939 bits per heavy atom. The van der Waals surface area contributed by atoms with Gasteiger partial charge < -0.3 is 25.6 Å². The van der Waals surface area contributed by atoms with Gasteiger partial charge in [-0.25, -0.2) is 14.8 Å². The van der Waals surface area contributed by atoms with Crippen molar-refractivity contribution >= 4 is 28.7 Å². The van der Waals surface area contributed by atoms with E-state index in [0.717, 1.165) is 38.7 Å². The molecule has 1 fully saturated rings. The lowest BCUT2D eigenvalue weighted by molar-refractivity contribution is -0.145. The molecule has 0 radical (unpaired) electrons. The number of hydrogen-bond acceptors (Lipinski definition) is 5. The molecule has 1 aliphatic heterocycles. The molecule has 1 aromatic heterocycles. The standard InChI is InChI=1S/C39H40N6O4/c1-2-22-44-27-36(47)42-35(45(44)39(49)41-23-29-10-5-3-6-11-29)26-43(37(48)21-18-28-16-19-32(46)20-17-28)25-31-14-9-15-33-34(24-40-38(31)33)30-12-7-4-8-13-30/h2-17,19-20,24,35,40,46H,1,18,21-23,25-27H2,(H,41,49)(H,42,47)/t35-/m0/s1. The van der Waals surface area contributed by atoms with Gasteiger partial charge in [0.25, 0.3) is 0 Å². The fourth-order valence-corrected chi connectivity index (χ4v) is 6.23. The highest BCUT2D eigenvalue weighted by atomic mass is 16.3. The van der Waals surface area contributed by atoms with Crippen molar-refractivity contribution in [3.8, 4) is 16.9 Å². The molecule has 0 saturated carbocycles. The Morgan fingerprint density at radius 3 is 2.41 bits per heavy atom. The molecule has 1 aliphatic rings. The first-order valence-corrected chi connectivity index (χ1v) is 16.4. The number of carbonyl (C=O) groups excluding carboxylic acids is 3. The number of H-pyrrole nitrogens is 1. The van der Waals surface area contributed by atoms with E-state index in [-0.39, 0.29) is 50.2 Å². The molecule has 2 heterocycles. The fraction of sp³-hybridized carbons (Fsp3) is 0.205. The van der Waals surface area contributed by atoms with Crippen LogP contribution in [0.25, 0.3) is 22.0 Å². The maximum Gasteiger partial charge on any atom is 0.334 e. The summed E-state index contributed by atoms with van der Waals surface area (Å²) < 4.78 is 0. The summed E-state index contributed by atoms with van der Waals surface area (Å²) in [4.78, 5) is 46.0. The molecule has 0 spiro atoms. The molecule has 1 saturated heterocycles. The molecule has 10 nitrogen and oxygen atoms in total. The number of amides is 4. The predicted molar refractivity (Wildman–Crippen MR) is 190 cm³/mol. The summed E-state index contributed by atoms with van der Waals surface area (Å²) in [6.45, 7) is 4.66.